The van der Waals surface area contributed by atoms with Crippen molar-refractivity contribution < 1.29 is 4.79 Å². The maximum atomic E-state index is 12.1. The van der Waals surface area contributed by atoms with Crippen LogP contribution in [0.4, 0.5) is 5.69 Å². The number of thiocarbonyl (C=S) groups is 1. The Balaban J connectivity index is 2.43. The van der Waals surface area contributed by atoms with Crippen molar-refractivity contribution in [2.75, 3.05) is 19.0 Å². The first-order chi connectivity index (χ1) is 8.02. The highest BCUT2D eigenvalue weighted by atomic mass is 32.1. The molecular weight excluding hydrogens is 236 g/mol. The van der Waals surface area contributed by atoms with Gasteiger partial charge in [-0.2, -0.15) is 0 Å². The lowest BCUT2D eigenvalue weighted by atomic mass is 10.1. The second-order valence-corrected chi connectivity index (χ2v) is 4.37. The van der Waals surface area contributed by atoms with Gasteiger partial charge in [0.2, 0.25) is 0 Å². The molecule has 17 heavy (non-hydrogen) atoms. The number of nitrogens with zero attached hydrogens (tertiary/aromatic N) is 2. The van der Waals surface area contributed by atoms with Crippen LogP contribution in [-0.4, -0.2) is 36.3 Å². The van der Waals surface area contributed by atoms with Gasteiger partial charge in [-0.3, -0.25) is 4.79 Å². The van der Waals surface area contributed by atoms with Gasteiger partial charge in [0.15, 0.2) is 11.4 Å². The van der Waals surface area contributed by atoms with Gasteiger partial charge in [0.1, 0.15) is 0 Å². The van der Waals surface area contributed by atoms with E-state index >= 15 is 0 Å². The summed E-state index contributed by atoms with van der Waals surface area (Å²) in [5.41, 5.74) is 7.01. The van der Waals surface area contributed by atoms with Gasteiger partial charge in [-0.25, -0.2) is 0 Å². The van der Waals surface area contributed by atoms with Crippen LogP contribution in [0.15, 0.2) is 24.3 Å². The molecule has 0 aromatic heterocycles. The van der Waals surface area contributed by atoms with Crippen LogP contribution >= 0.6 is 12.2 Å². The summed E-state index contributed by atoms with van der Waals surface area (Å²) in [6.45, 7) is 0. The van der Waals surface area contributed by atoms with Gasteiger partial charge in [0.25, 0.3) is 5.91 Å². The lowest BCUT2D eigenvalue weighted by Crippen LogP contribution is -2.61. The minimum absolute atomic E-state index is 0.0487. The van der Waals surface area contributed by atoms with Crippen LogP contribution < -0.4 is 16.0 Å². The van der Waals surface area contributed by atoms with Crippen LogP contribution in [0.2, 0.25) is 0 Å². The zero-order valence-corrected chi connectivity index (χ0v) is 10.5. The third-order valence-electron chi connectivity index (χ3n) is 2.84. The van der Waals surface area contributed by atoms with Crippen LogP contribution in [0.25, 0.3) is 0 Å². The van der Waals surface area contributed by atoms with Gasteiger partial charge in [-0.15, -0.1) is 0 Å². The van der Waals surface area contributed by atoms with Gasteiger partial charge >= 0.3 is 0 Å². The van der Waals surface area contributed by atoms with E-state index in [0.29, 0.717) is 5.56 Å². The number of hydrogen-bond acceptors (Lipinski definition) is 3. The van der Waals surface area contributed by atoms with Gasteiger partial charge in [-0.1, -0.05) is 12.1 Å². The predicted octanol–water partition coefficient (Wildman–Crippen LogP) is 0.325. The number of hydrogen-bond donors (Lipinski definition) is 2. The Hall–Kier alpha value is -1.82. The highest BCUT2D eigenvalue weighted by Crippen LogP contribution is 2.27. The number of para-hydroxylation sites is 1. The minimum atomic E-state index is -0.352. The number of anilines is 1. The summed E-state index contributed by atoms with van der Waals surface area (Å²) in [7, 11) is 3.60. The van der Waals surface area contributed by atoms with Gasteiger partial charge in [-0.05, 0) is 24.4 Å². The molecule has 1 heterocycles. The third kappa shape index (κ3) is 1.91. The first-order valence-corrected chi connectivity index (χ1v) is 5.58. The Bertz CT molecular complexity index is 476. The number of rotatable bonds is 1. The summed E-state index contributed by atoms with van der Waals surface area (Å²) in [6, 6.07) is 7.45. The number of carbonyl (C=O) groups is 1. The zero-order valence-electron chi connectivity index (χ0n) is 9.68. The average Bonchev–Trinajstić information content (AvgIpc) is 2.31. The summed E-state index contributed by atoms with van der Waals surface area (Å²) in [5, 5.41) is 3.06. The Labute approximate surface area is 105 Å². The fourth-order valence-corrected chi connectivity index (χ4v) is 2.08. The van der Waals surface area contributed by atoms with E-state index in [1.165, 1.54) is 0 Å². The molecule has 6 heteroatoms. The lowest BCUT2D eigenvalue weighted by molar-refractivity contribution is 0.0700. The molecule has 0 radical (unpaired) electrons. The highest BCUT2D eigenvalue weighted by molar-refractivity contribution is 7.80. The molecule has 90 valence electrons. The summed E-state index contributed by atoms with van der Waals surface area (Å²) >= 11 is 4.82. The van der Waals surface area contributed by atoms with E-state index in [1.54, 1.807) is 11.9 Å². The second kappa shape index (κ2) is 4.21. The molecule has 0 fully saturated rings. The number of nitrogens with one attached hydrogen (secondary N) is 1. The lowest BCUT2D eigenvalue weighted by Gasteiger charge is -2.42. The molecule has 1 amide bonds. The Kier molecular flexibility index (Phi) is 2.89. The molecule has 3 N–H and O–H groups in total. The molecule has 0 aliphatic carbocycles. The second-order valence-electron chi connectivity index (χ2n) is 3.93. The summed E-state index contributed by atoms with van der Waals surface area (Å²) in [4.78, 5) is 15.6. The van der Waals surface area contributed by atoms with E-state index in [-0.39, 0.29) is 17.3 Å². The molecule has 0 spiro atoms. The van der Waals surface area contributed by atoms with Crippen molar-refractivity contribution in [2.24, 2.45) is 5.73 Å². The number of carbonyl (C=O) groups excluding carboxylic acids is 1. The van der Waals surface area contributed by atoms with Crippen molar-refractivity contribution in [3.05, 3.63) is 29.8 Å². The zero-order chi connectivity index (χ0) is 12.6. The van der Waals surface area contributed by atoms with E-state index in [9.17, 15) is 4.79 Å². The first kappa shape index (κ1) is 11.7. The monoisotopic (exact) mass is 250 g/mol. The first-order valence-electron chi connectivity index (χ1n) is 5.17. The molecule has 0 saturated carbocycles. The molecule has 0 bridgehead atoms. The van der Waals surface area contributed by atoms with Crippen LogP contribution in [0.3, 0.4) is 0 Å². The van der Waals surface area contributed by atoms with Crippen LogP contribution in [-0.2, 0) is 0 Å². The van der Waals surface area contributed by atoms with Gasteiger partial charge in [0, 0.05) is 14.1 Å². The van der Waals surface area contributed by atoms with Crippen LogP contribution in [0, 0.1) is 0 Å². The van der Waals surface area contributed by atoms with E-state index in [0.717, 1.165) is 5.69 Å². The van der Waals surface area contributed by atoms with Crippen molar-refractivity contribution in [3.63, 3.8) is 0 Å². The van der Waals surface area contributed by atoms with Gasteiger partial charge < -0.3 is 20.9 Å². The standard InChI is InChI=1S/C11H14N4OS/c1-14-8-6-4-3-5-7(8)9(16)15(2)11(14)13-10(12)17/h3-6,11H,1-2H3,(H3,12,13,17). The Morgan fingerprint density at radius 3 is 2.65 bits per heavy atom. The largest absolute Gasteiger partial charge is 0.376 e. The SMILES string of the molecule is CN1C(=O)c2ccccc2N(C)C1NC(N)=S. The predicted molar refractivity (Wildman–Crippen MR) is 70.6 cm³/mol. The van der Waals surface area contributed by atoms with Crippen molar-refractivity contribution in [3.8, 4) is 0 Å². The fourth-order valence-electron chi connectivity index (χ4n) is 1.98. The Morgan fingerprint density at radius 2 is 2.00 bits per heavy atom. The van der Waals surface area contributed by atoms with Gasteiger partial charge in [0.05, 0.1) is 11.3 Å². The van der Waals surface area contributed by atoms with E-state index in [2.05, 4.69) is 5.32 Å². The minimum Gasteiger partial charge on any atom is -0.376 e. The summed E-state index contributed by atoms with van der Waals surface area (Å²) < 4.78 is 0. The molecule has 1 aliphatic rings. The van der Waals surface area contributed by atoms with E-state index in [4.69, 9.17) is 18.0 Å². The molecule has 1 atom stereocenters. The molecule has 1 aromatic carbocycles. The molecule has 1 aromatic rings. The fraction of sp³-hybridized carbons (Fsp3) is 0.273. The number of fused-ring (bicyclic) bond motifs is 1. The normalized spacial score (nSPS) is 18.9. The third-order valence-corrected chi connectivity index (χ3v) is 2.96. The van der Waals surface area contributed by atoms with Crippen LogP contribution in [0.1, 0.15) is 10.4 Å². The maximum Gasteiger partial charge on any atom is 0.258 e. The molecule has 1 unspecified atom stereocenters. The number of amides is 1. The highest BCUT2D eigenvalue weighted by Gasteiger charge is 2.33. The van der Waals surface area contributed by atoms with Crippen LogP contribution in [0.5, 0.6) is 0 Å². The van der Waals surface area contributed by atoms with E-state index in [1.807, 2.05) is 36.2 Å². The van der Waals surface area contributed by atoms with Crippen molar-refractivity contribution in [1.29, 1.82) is 0 Å². The summed E-state index contributed by atoms with van der Waals surface area (Å²) in [5.74, 6) is -0.0487. The van der Waals surface area contributed by atoms with E-state index < -0.39 is 0 Å². The number of nitrogens with two attached hydrogens (primary N) is 1. The Morgan fingerprint density at radius 1 is 1.35 bits per heavy atom. The molecule has 2 rings (SSSR count). The number of benzene rings is 1. The topological polar surface area (TPSA) is 61.6 Å². The average molecular weight is 250 g/mol. The van der Waals surface area contributed by atoms with Crippen molar-refractivity contribution in [2.45, 2.75) is 6.29 Å². The molecular formula is C11H14N4OS. The van der Waals surface area contributed by atoms with Crippen molar-refractivity contribution >= 4 is 28.9 Å². The molecule has 1 aliphatic heterocycles. The summed E-state index contributed by atoms with van der Waals surface area (Å²) in [6.07, 6.45) is -0.352. The quantitative estimate of drug-likeness (QED) is 0.703. The molecule has 0 saturated heterocycles. The van der Waals surface area contributed by atoms with Crippen molar-refractivity contribution in [1.82, 2.24) is 10.2 Å². The smallest absolute Gasteiger partial charge is 0.258 e. The maximum absolute atomic E-state index is 12.1. The molecule has 5 nitrogen and oxygen atoms in total.